The quantitative estimate of drug-likeness (QED) is 0.379. The Labute approximate surface area is 189 Å². The highest BCUT2D eigenvalue weighted by molar-refractivity contribution is 5.88. The topological polar surface area (TPSA) is 79.9 Å². The van der Waals surface area contributed by atoms with E-state index in [4.69, 9.17) is 5.41 Å². The van der Waals surface area contributed by atoms with Crippen LogP contribution in [0.4, 0.5) is 28.9 Å². The van der Waals surface area contributed by atoms with Crippen LogP contribution >= 0.6 is 0 Å². The van der Waals surface area contributed by atoms with Crippen LogP contribution in [0.2, 0.25) is 0 Å². The van der Waals surface area contributed by atoms with Crippen LogP contribution in [-0.2, 0) is 11.8 Å². The van der Waals surface area contributed by atoms with Crippen LogP contribution in [0.3, 0.4) is 0 Å². The fourth-order valence-electron chi connectivity index (χ4n) is 5.59. The zero-order chi connectivity index (χ0) is 23.9. The summed E-state index contributed by atoms with van der Waals surface area (Å²) in [6, 6.07) is 11.7. The summed E-state index contributed by atoms with van der Waals surface area (Å²) in [6.07, 6.45) is -2.58. The van der Waals surface area contributed by atoms with Crippen LogP contribution in [0.1, 0.15) is 55.2 Å². The van der Waals surface area contributed by atoms with E-state index in [9.17, 15) is 27.9 Å². The molecule has 0 saturated heterocycles. The van der Waals surface area contributed by atoms with E-state index in [2.05, 4.69) is 11.4 Å². The highest BCUT2D eigenvalue weighted by Gasteiger charge is 2.61. The number of hydrogen-bond donors (Lipinski definition) is 3. The lowest BCUT2D eigenvalue weighted by Crippen LogP contribution is -2.54. The molecule has 0 amide bonds. The molecule has 1 saturated carbocycles. The largest absolute Gasteiger partial charge is 0.417 e. The van der Waals surface area contributed by atoms with Crippen molar-refractivity contribution in [2.75, 3.05) is 5.32 Å². The van der Waals surface area contributed by atoms with Gasteiger partial charge in [-0.1, -0.05) is 0 Å². The maximum Gasteiger partial charge on any atom is 0.417 e. The standard InChI is InChI=1S/C25H25F4N3O/c26-19-4-6-20(7-5-19)32-22-13-16-2-1-3-18-14-24(33,25(27,28)29)9-8-23(18,10-11-30)21(16)12-17(22)15-31/h4-7,12-13,15,18,31-33H,1-3,8-10,14H2/t18?,23-,24+/m0/s1. The van der Waals surface area contributed by atoms with Gasteiger partial charge in [0.05, 0.1) is 6.07 Å². The molecule has 174 valence electrons. The van der Waals surface area contributed by atoms with Gasteiger partial charge in [0, 0.05) is 35.0 Å². The number of fused-ring (bicyclic) bond motifs is 3. The van der Waals surface area contributed by atoms with E-state index in [1.807, 2.05) is 12.1 Å². The Balaban J connectivity index is 1.78. The summed E-state index contributed by atoms with van der Waals surface area (Å²) in [5.41, 5.74) is 0.0148. The Morgan fingerprint density at radius 1 is 1.21 bits per heavy atom. The second-order valence-electron chi connectivity index (χ2n) is 9.19. The number of nitriles is 1. The van der Waals surface area contributed by atoms with Gasteiger partial charge in [-0.05, 0) is 92.0 Å². The van der Waals surface area contributed by atoms with Crippen molar-refractivity contribution in [3.05, 3.63) is 58.9 Å². The summed E-state index contributed by atoms with van der Waals surface area (Å²) in [5.74, 6) is -0.858. The van der Waals surface area contributed by atoms with Gasteiger partial charge in [0.25, 0.3) is 0 Å². The van der Waals surface area contributed by atoms with Gasteiger partial charge in [-0.2, -0.15) is 18.4 Å². The molecule has 2 aliphatic carbocycles. The molecule has 3 atom stereocenters. The van der Waals surface area contributed by atoms with E-state index in [-0.39, 0.29) is 18.7 Å². The Morgan fingerprint density at radius 3 is 2.58 bits per heavy atom. The Morgan fingerprint density at radius 2 is 1.94 bits per heavy atom. The van der Waals surface area contributed by atoms with Crippen LogP contribution in [0, 0.1) is 28.5 Å². The molecule has 33 heavy (non-hydrogen) atoms. The van der Waals surface area contributed by atoms with Crippen molar-refractivity contribution in [1.29, 1.82) is 10.7 Å². The summed E-state index contributed by atoms with van der Waals surface area (Å²) in [7, 11) is 0. The van der Waals surface area contributed by atoms with E-state index in [0.29, 0.717) is 36.2 Å². The minimum Gasteiger partial charge on any atom is -0.380 e. The lowest BCUT2D eigenvalue weighted by Gasteiger charge is -2.49. The van der Waals surface area contributed by atoms with Crippen LogP contribution in [-0.4, -0.2) is 23.1 Å². The SMILES string of the molecule is N#CC[C@@]12CC[C@](O)(C(F)(F)F)CC1CCCc1cc(Nc3ccc(F)cc3)c(C=N)cc12. The van der Waals surface area contributed by atoms with E-state index < -0.39 is 36.0 Å². The number of rotatable bonds is 4. The van der Waals surface area contributed by atoms with E-state index in [0.717, 1.165) is 11.1 Å². The molecule has 4 nitrogen and oxygen atoms in total. The van der Waals surface area contributed by atoms with Crippen molar-refractivity contribution in [2.24, 2.45) is 5.92 Å². The number of halogens is 4. The van der Waals surface area contributed by atoms with Gasteiger partial charge in [0.2, 0.25) is 0 Å². The zero-order valence-electron chi connectivity index (χ0n) is 18.0. The zero-order valence-corrected chi connectivity index (χ0v) is 18.0. The van der Waals surface area contributed by atoms with Crippen LogP contribution in [0.15, 0.2) is 36.4 Å². The summed E-state index contributed by atoms with van der Waals surface area (Å²) < 4.78 is 54.1. The predicted octanol–water partition coefficient (Wildman–Crippen LogP) is 6.15. The molecular weight excluding hydrogens is 434 g/mol. The van der Waals surface area contributed by atoms with Gasteiger partial charge in [-0.15, -0.1) is 0 Å². The molecule has 2 aromatic rings. The van der Waals surface area contributed by atoms with Crippen molar-refractivity contribution in [1.82, 2.24) is 0 Å². The molecule has 4 rings (SSSR count). The first-order valence-electron chi connectivity index (χ1n) is 11.0. The normalized spacial score (nSPS) is 27.0. The lowest BCUT2D eigenvalue weighted by molar-refractivity contribution is -0.279. The smallest absolute Gasteiger partial charge is 0.380 e. The molecule has 2 aliphatic rings. The van der Waals surface area contributed by atoms with Crippen molar-refractivity contribution >= 4 is 17.6 Å². The molecular formula is C25H25F4N3O. The third-order valence-electron chi connectivity index (χ3n) is 7.36. The van der Waals surface area contributed by atoms with Gasteiger partial charge in [0.1, 0.15) is 5.82 Å². The number of aliphatic hydroxyl groups is 1. The minimum absolute atomic E-state index is 0.0520. The number of benzene rings is 2. The number of anilines is 2. The van der Waals surface area contributed by atoms with Crippen LogP contribution in [0.25, 0.3) is 0 Å². The molecule has 1 unspecified atom stereocenters. The summed E-state index contributed by atoms with van der Waals surface area (Å²) in [4.78, 5) is 0. The number of alkyl halides is 3. The van der Waals surface area contributed by atoms with Crippen molar-refractivity contribution in [2.45, 2.75) is 62.1 Å². The second-order valence-corrected chi connectivity index (χ2v) is 9.19. The Kier molecular flexibility index (Phi) is 5.95. The number of nitrogens with one attached hydrogen (secondary N) is 2. The molecule has 2 aromatic carbocycles. The number of aryl methyl sites for hydroxylation is 1. The first-order chi connectivity index (χ1) is 15.6. The lowest BCUT2D eigenvalue weighted by atomic mass is 9.56. The fraction of sp³-hybridized carbons (Fsp3) is 0.440. The van der Waals surface area contributed by atoms with Crippen molar-refractivity contribution in [3.63, 3.8) is 0 Å². The molecule has 0 aromatic heterocycles. The summed E-state index contributed by atoms with van der Waals surface area (Å²) in [6.45, 7) is 0. The summed E-state index contributed by atoms with van der Waals surface area (Å²) >= 11 is 0. The van der Waals surface area contributed by atoms with E-state index >= 15 is 0 Å². The molecule has 1 fully saturated rings. The van der Waals surface area contributed by atoms with Crippen LogP contribution in [0.5, 0.6) is 0 Å². The molecule has 0 radical (unpaired) electrons. The molecule has 0 aliphatic heterocycles. The van der Waals surface area contributed by atoms with Crippen molar-refractivity contribution < 1.29 is 22.7 Å². The third kappa shape index (κ3) is 4.10. The Hall–Kier alpha value is -2.92. The van der Waals surface area contributed by atoms with Crippen molar-refractivity contribution in [3.8, 4) is 6.07 Å². The van der Waals surface area contributed by atoms with E-state index in [1.54, 1.807) is 12.1 Å². The minimum atomic E-state index is -4.72. The van der Waals surface area contributed by atoms with Crippen LogP contribution < -0.4 is 5.32 Å². The second kappa shape index (κ2) is 8.45. The average molecular weight is 459 g/mol. The third-order valence-corrected chi connectivity index (χ3v) is 7.36. The van der Waals surface area contributed by atoms with Gasteiger partial charge in [-0.25, -0.2) is 4.39 Å². The first kappa shape index (κ1) is 23.2. The predicted molar refractivity (Wildman–Crippen MR) is 117 cm³/mol. The van der Waals surface area contributed by atoms with Gasteiger partial charge in [0.15, 0.2) is 5.60 Å². The Bertz CT molecular complexity index is 1090. The van der Waals surface area contributed by atoms with Gasteiger partial charge < -0.3 is 15.8 Å². The first-order valence-corrected chi connectivity index (χ1v) is 11.0. The average Bonchev–Trinajstić information content (AvgIpc) is 2.91. The number of nitrogens with zero attached hydrogens (tertiary/aromatic N) is 1. The molecule has 0 bridgehead atoms. The van der Waals surface area contributed by atoms with Gasteiger partial charge >= 0.3 is 6.18 Å². The molecule has 3 N–H and O–H groups in total. The highest BCUT2D eigenvalue weighted by Crippen LogP contribution is 2.57. The fourth-order valence-corrected chi connectivity index (χ4v) is 5.59. The monoisotopic (exact) mass is 459 g/mol. The van der Waals surface area contributed by atoms with Gasteiger partial charge in [-0.3, -0.25) is 0 Å². The number of hydrogen-bond acceptors (Lipinski definition) is 4. The molecule has 0 heterocycles. The molecule has 8 heteroatoms. The maximum atomic E-state index is 13.6. The highest BCUT2D eigenvalue weighted by atomic mass is 19.4. The summed E-state index contributed by atoms with van der Waals surface area (Å²) in [5, 5.41) is 31.2. The maximum absolute atomic E-state index is 13.6. The molecule has 0 spiro atoms. The van der Waals surface area contributed by atoms with E-state index in [1.165, 1.54) is 18.3 Å².